The largest absolute Gasteiger partial charge is 0.508 e. The number of hydrogen-bond acceptors (Lipinski definition) is 5. The van der Waals surface area contributed by atoms with Crippen molar-refractivity contribution in [1.82, 2.24) is 0 Å². The van der Waals surface area contributed by atoms with Gasteiger partial charge in [-0.3, -0.25) is 9.59 Å². The number of hydrogen-bond donors (Lipinski definition) is 1. The second kappa shape index (κ2) is 9.44. The molecule has 1 atom stereocenters. The molecule has 0 amide bonds. The first-order valence-electron chi connectivity index (χ1n) is 10.4. The van der Waals surface area contributed by atoms with Gasteiger partial charge in [0.25, 0.3) is 0 Å². The van der Waals surface area contributed by atoms with Crippen molar-refractivity contribution < 1.29 is 24.2 Å². The van der Waals surface area contributed by atoms with Crippen LogP contribution in [0.4, 0.5) is 0 Å². The molecule has 5 heteroatoms. The Kier molecular flexibility index (Phi) is 7.50. The number of carbonyl (C=O) groups excluding carboxylic acids is 2. The maximum absolute atomic E-state index is 12.8. The van der Waals surface area contributed by atoms with Gasteiger partial charge >= 0.3 is 11.9 Å². The summed E-state index contributed by atoms with van der Waals surface area (Å²) >= 11 is 0. The van der Waals surface area contributed by atoms with Crippen molar-refractivity contribution in [1.29, 1.82) is 0 Å². The number of rotatable bonds is 8. The van der Waals surface area contributed by atoms with Crippen molar-refractivity contribution in [3.05, 3.63) is 29.8 Å². The van der Waals surface area contributed by atoms with Crippen LogP contribution in [-0.4, -0.2) is 23.1 Å². The molecule has 1 saturated carbocycles. The molecular formula is C23H34O5. The fourth-order valence-electron chi connectivity index (χ4n) is 3.51. The Morgan fingerprint density at radius 2 is 1.71 bits per heavy atom. The van der Waals surface area contributed by atoms with Crippen molar-refractivity contribution in [3.63, 3.8) is 0 Å². The van der Waals surface area contributed by atoms with Gasteiger partial charge in [0.1, 0.15) is 17.5 Å². The molecule has 28 heavy (non-hydrogen) atoms. The van der Waals surface area contributed by atoms with Crippen LogP contribution < -0.4 is 0 Å². The summed E-state index contributed by atoms with van der Waals surface area (Å²) in [6.45, 7) is 7.55. The normalized spacial score (nSPS) is 17.6. The molecule has 0 aliphatic heterocycles. The number of ether oxygens (including phenoxy) is 2. The summed E-state index contributed by atoms with van der Waals surface area (Å²) in [6, 6.07) is 6.91. The zero-order chi connectivity index (χ0) is 20.8. The fourth-order valence-corrected chi connectivity index (χ4v) is 3.51. The number of phenols is 1. The molecule has 2 rings (SSSR count). The summed E-state index contributed by atoms with van der Waals surface area (Å²) in [5.74, 6) is -0.429. The van der Waals surface area contributed by atoms with E-state index in [0.717, 1.165) is 37.7 Å². The molecule has 0 bridgehead atoms. The van der Waals surface area contributed by atoms with Crippen LogP contribution in [0, 0.1) is 5.41 Å². The summed E-state index contributed by atoms with van der Waals surface area (Å²) in [4.78, 5) is 25.1. The molecule has 156 valence electrons. The molecule has 5 nitrogen and oxygen atoms in total. The summed E-state index contributed by atoms with van der Waals surface area (Å²) in [5, 5.41) is 9.59. The van der Waals surface area contributed by atoms with Gasteiger partial charge in [-0.1, -0.05) is 32.4 Å². The molecular weight excluding hydrogens is 356 g/mol. The second-order valence-corrected chi connectivity index (χ2v) is 8.45. The molecule has 0 heterocycles. The summed E-state index contributed by atoms with van der Waals surface area (Å²) in [6.07, 6.45) is 5.46. The van der Waals surface area contributed by atoms with Gasteiger partial charge in [-0.25, -0.2) is 0 Å². The standard InChI is InChI=1S/C23H34O5/c1-5-19(27-21(26)22(3,4)6-2)16-20(25)28-23(14-8-7-9-15-23)17-10-12-18(24)13-11-17/h10-13,19,24H,5-9,14-16H2,1-4H3. The van der Waals surface area contributed by atoms with Gasteiger partial charge < -0.3 is 14.6 Å². The summed E-state index contributed by atoms with van der Waals surface area (Å²) in [7, 11) is 0. The fraction of sp³-hybridized carbons (Fsp3) is 0.652. The van der Waals surface area contributed by atoms with Gasteiger partial charge in [0.2, 0.25) is 0 Å². The summed E-state index contributed by atoms with van der Waals surface area (Å²) < 4.78 is 11.6. The highest BCUT2D eigenvalue weighted by atomic mass is 16.6. The van der Waals surface area contributed by atoms with E-state index < -0.39 is 17.1 Å². The first-order valence-corrected chi connectivity index (χ1v) is 10.4. The predicted octanol–water partition coefficient (Wildman–Crippen LogP) is 5.24. The van der Waals surface area contributed by atoms with E-state index in [1.54, 1.807) is 12.1 Å². The first kappa shape index (κ1) is 22.3. The van der Waals surface area contributed by atoms with Crippen LogP contribution in [0.3, 0.4) is 0 Å². The zero-order valence-corrected chi connectivity index (χ0v) is 17.6. The van der Waals surface area contributed by atoms with E-state index in [1.165, 1.54) is 0 Å². The van der Waals surface area contributed by atoms with Gasteiger partial charge in [-0.15, -0.1) is 0 Å². The Morgan fingerprint density at radius 1 is 1.11 bits per heavy atom. The van der Waals surface area contributed by atoms with Gasteiger partial charge in [0, 0.05) is 0 Å². The molecule has 1 N–H and O–H groups in total. The Balaban J connectivity index is 2.08. The molecule has 1 aliphatic carbocycles. The number of phenolic OH excluding ortho intramolecular Hbond substituents is 1. The monoisotopic (exact) mass is 390 g/mol. The first-order chi connectivity index (χ1) is 13.2. The number of benzene rings is 1. The smallest absolute Gasteiger partial charge is 0.311 e. The lowest BCUT2D eigenvalue weighted by Crippen LogP contribution is -2.37. The van der Waals surface area contributed by atoms with Gasteiger partial charge in [-0.05, 0) is 70.1 Å². The molecule has 1 unspecified atom stereocenters. The molecule has 1 aliphatic rings. The van der Waals surface area contributed by atoms with Crippen molar-refractivity contribution in [2.75, 3.05) is 0 Å². The van der Waals surface area contributed by atoms with Crippen LogP contribution in [0.5, 0.6) is 5.75 Å². The van der Waals surface area contributed by atoms with E-state index in [4.69, 9.17) is 9.47 Å². The Hall–Kier alpha value is -2.04. The van der Waals surface area contributed by atoms with E-state index in [1.807, 2.05) is 39.8 Å². The highest BCUT2D eigenvalue weighted by Gasteiger charge is 2.38. The minimum atomic E-state index is -0.659. The molecule has 1 aromatic carbocycles. The third kappa shape index (κ3) is 5.49. The van der Waals surface area contributed by atoms with E-state index in [0.29, 0.717) is 12.8 Å². The van der Waals surface area contributed by atoms with E-state index >= 15 is 0 Å². The van der Waals surface area contributed by atoms with Crippen LogP contribution in [-0.2, 0) is 24.7 Å². The third-order valence-corrected chi connectivity index (χ3v) is 5.92. The average molecular weight is 391 g/mol. The van der Waals surface area contributed by atoms with Gasteiger partial charge in [-0.2, -0.15) is 0 Å². The van der Waals surface area contributed by atoms with E-state index in [2.05, 4.69) is 0 Å². The Labute approximate surface area is 168 Å². The number of esters is 2. The summed E-state index contributed by atoms with van der Waals surface area (Å²) in [5.41, 5.74) is -0.308. The van der Waals surface area contributed by atoms with Crippen LogP contribution in [0.25, 0.3) is 0 Å². The van der Waals surface area contributed by atoms with E-state index in [-0.39, 0.29) is 24.1 Å². The maximum atomic E-state index is 12.8. The average Bonchev–Trinajstić information content (AvgIpc) is 2.68. The molecule has 0 radical (unpaired) electrons. The maximum Gasteiger partial charge on any atom is 0.311 e. The van der Waals surface area contributed by atoms with Crippen LogP contribution in [0.15, 0.2) is 24.3 Å². The van der Waals surface area contributed by atoms with E-state index in [9.17, 15) is 14.7 Å². The molecule has 0 saturated heterocycles. The Bertz CT molecular complexity index is 656. The lowest BCUT2D eigenvalue weighted by molar-refractivity contribution is -0.172. The lowest BCUT2D eigenvalue weighted by Gasteiger charge is -2.37. The van der Waals surface area contributed by atoms with Crippen molar-refractivity contribution in [3.8, 4) is 5.75 Å². The second-order valence-electron chi connectivity index (χ2n) is 8.45. The SMILES string of the molecule is CCC(CC(=O)OC1(c2ccc(O)cc2)CCCCC1)OC(=O)C(C)(C)CC. The van der Waals surface area contributed by atoms with Crippen LogP contribution in [0.2, 0.25) is 0 Å². The molecule has 1 fully saturated rings. The van der Waals surface area contributed by atoms with Crippen LogP contribution >= 0.6 is 0 Å². The number of carbonyl (C=O) groups is 2. The highest BCUT2D eigenvalue weighted by Crippen LogP contribution is 2.41. The minimum Gasteiger partial charge on any atom is -0.508 e. The molecule has 0 aromatic heterocycles. The predicted molar refractivity (Wildman–Crippen MR) is 108 cm³/mol. The van der Waals surface area contributed by atoms with Gasteiger partial charge in [0.05, 0.1) is 11.8 Å². The molecule has 0 spiro atoms. The highest BCUT2D eigenvalue weighted by molar-refractivity contribution is 5.77. The zero-order valence-electron chi connectivity index (χ0n) is 17.6. The number of aromatic hydroxyl groups is 1. The lowest BCUT2D eigenvalue weighted by atomic mass is 9.79. The van der Waals surface area contributed by atoms with Crippen molar-refractivity contribution in [2.45, 2.75) is 90.8 Å². The van der Waals surface area contributed by atoms with Crippen molar-refractivity contribution in [2.24, 2.45) is 5.41 Å². The topological polar surface area (TPSA) is 72.8 Å². The third-order valence-electron chi connectivity index (χ3n) is 5.92. The quantitative estimate of drug-likeness (QED) is 0.614. The van der Waals surface area contributed by atoms with Crippen molar-refractivity contribution >= 4 is 11.9 Å². The Morgan fingerprint density at radius 3 is 2.25 bits per heavy atom. The van der Waals surface area contributed by atoms with Crippen LogP contribution in [0.1, 0.15) is 84.6 Å². The molecule has 1 aromatic rings. The minimum absolute atomic E-state index is 0.0574. The van der Waals surface area contributed by atoms with Gasteiger partial charge in [0.15, 0.2) is 0 Å².